The number of benzene rings is 1. The first-order valence-corrected chi connectivity index (χ1v) is 8.83. The van der Waals surface area contributed by atoms with E-state index >= 15 is 0 Å². The van der Waals surface area contributed by atoms with Crippen molar-refractivity contribution < 1.29 is 0 Å². The van der Waals surface area contributed by atoms with Gasteiger partial charge >= 0.3 is 0 Å². The smallest absolute Gasteiger partial charge is 0.107 e. The lowest BCUT2D eigenvalue weighted by Crippen LogP contribution is -2.45. The van der Waals surface area contributed by atoms with Crippen LogP contribution in [-0.4, -0.2) is 47.5 Å². The molecule has 0 atom stereocenters. The van der Waals surface area contributed by atoms with Crippen LogP contribution in [0.4, 0.5) is 0 Å². The Kier molecular flexibility index (Phi) is 5.56. The number of hydrogen-bond donors (Lipinski definition) is 1. The molecule has 2 aromatic rings. The molecule has 5 heteroatoms. The third-order valence-electron chi connectivity index (χ3n) is 4.07. The number of nitrogens with zero attached hydrogens (tertiary/aromatic N) is 3. The number of rotatable bonds is 6. The first kappa shape index (κ1) is 15.6. The summed E-state index contributed by atoms with van der Waals surface area (Å²) in [7, 11) is 0. The minimum atomic E-state index is 0.682. The summed E-state index contributed by atoms with van der Waals surface area (Å²) in [5.74, 6) is 0. The summed E-state index contributed by atoms with van der Waals surface area (Å²) in [4.78, 5) is 9.71. The lowest BCUT2D eigenvalue weighted by atomic mass is 10.2. The zero-order chi connectivity index (χ0) is 15.2. The van der Waals surface area contributed by atoms with Crippen molar-refractivity contribution >= 4 is 11.3 Å². The van der Waals surface area contributed by atoms with Crippen molar-refractivity contribution in [3.8, 4) is 0 Å². The van der Waals surface area contributed by atoms with Crippen molar-refractivity contribution in [1.29, 1.82) is 0 Å². The molecule has 1 aromatic heterocycles. The molecule has 0 radical (unpaired) electrons. The minimum Gasteiger partial charge on any atom is -0.330 e. The van der Waals surface area contributed by atoms with Crippen molar-refractivity contribution in [2.24, 2.45) is 5.73 Å². The Morgan fingerprint density at radius 1 is 1.00 bits per heavy atom. The van der Waals surface area contributed by atoms with E-state index in [0.29, 0.717) is 6.54 Å². The summed E-state index contributed by atoms with van der Waals surface area (Å²) in [6, 6.07) is 10.7. The predicted molar refractivity (Wildman–Crippen MR) is 91.9 cm³/mol. The molecule has 3 rings (SSSR count). The summed E-state index contributed by atoms with van der Waals surface area (Å²) in [6.45, 7) is 7.24. The van der Waals surface area contributed by atoms with Gasteiger partial charge in [0, 0.05) is 44.5 Å². The Morgan fingerprint density at radius 3 is 2.36 bits per heavy atom. The van der Waals surface area contributed by atoms with Gasteiger partial charge in [-0.05, 0) is 12.1 Å². The first-order valence-electron chi connectivity index (χ1n) is 7.95. The van der Waals surface area contributed by atoms with Gasteiger partial charge in [-0.25, -0.2) is 4.98 Å². The van der Waals surface area contributed by atoms with E-state index in [9.17, 15) is 0 Å². The van der Waals surface area contributed by atoms with E-state index in [1.807, 2.05) is 0 Å². The maximum Gasteiger partial charge on any atom is 0.107 e. The summed E-state index contributed by atoms with van der Waals surface area (Å²) < 4.78 is 0. The fraction of sp³-hybridized carbons (Fsp3) is 0.471. The maximum atomic E-state index is 5.58. The van der Waals surface area contributed by atoms with Crippen LogP contribution in [0.25, 0.3) is 0 Å². The molecule has 1 aliphatic rings. The van der Waals surface area contributed by atoms with Crippen LogP contribution in [0.5, 0.6) is 0 Å². The van der Waals surface area contributed by atoms with Crippen LogP contribution in [0.2, 0.25) is 0 Å². The van der Waals surface area contributed by atoms with Gasteiger partial charge in [0.05, 0.1) is 12.2 Å². The summed E-state index contributed by atoms with van der Waals surface area (Å²) in [5, 5.41) is 3.37. The molecule has 2 heterocycles. The van der Waals surface area contributed by atoms with Crippen LogP contribution in [0, 0.1) is 0 Å². The molecule has 4 nitrogen and oxygen atoms in total. The van der Waals surface area contributed by atoms with Crippen molar-refractivity contribution in [2.75, 3.05) is 32.7 Å². The molecular formula is C17H24N4S. The largest absolute Gasteiger partial charge is 0.330 e. The van der Waals surface area contributed by atoms with E-state index in [0.717, 1.165) is 51.4 Å². The Labute approximate surface area is 136 Å². The minimum absolute atomic E-state index is 0.682. The molecule has 2 N–H and O–H groups in total. The number of thiazole rings is 1. The van der Waals surface area contributed by atoms with E-state index < -0.39 is 0 Å². The van der Waals surface area contributed by atoms with E-state index in [4.69, 9.17) is 5.73 Å². The summed E-state index contributed by atoms with van der Waals surface area (Å²) in [5.41, 5.74) is 8.13. The predicted octanol–water partition coefficient (Wildman–Crippen LogP) is 1.96. The fourth-order valence-corrected chi connectivity index (χ4v) is 3.69. The molecule has 1 saturated heterocycles. The lowest BCUT2D eigenvalue weighted by molar-refractivity contribution is 0.122. The highest BCUT2D eigenvalue weighted by Gasteiger charge is 2.18. The quantitative estimate of drug-likeness (QED) is 0.885. The van der Waals surface area contributed by atoms with Crippen LogP contribution in [-0.2, 0) is 19.5 Å². The number of nitrogens with two attached hydrogens (primary N) is 1. The zero-order valence-electron chi connectivity index (χ0n) is 12.9. The molecule has 1 fully saturated rings. The van der Waals surface area contributed by atoms with Crippen LogP contribution >= 0.6 is 11.3 Å². The van der Waals surface area contributed by atoms with Crippen LogP contribution in [0.15, 0.2) is 35.7 Å². The second kappa shape index (κ2) is 7.83. The molecule has 0 saturated carbocycles. The third-order valence-corrected chi connectivity index (χ3v) is 4.95. The van der Waals surface area contributed by atoms with Gasteiger partial charge in [0.2, 0.25) is 0 Å². The Hall–Kier alpha value is -1.27. The van der Waals surface area contributed by atoms with Crippen LogP contribution in [0.1, 0.15) is 16.3 Å². The zero-order valence-corrected chi connectivity index (χ0v) is 13.8. The summed E-state index contributed by atoms with van der Waals surface area (Å²) in [6.07, 6.45) is 0.890. The highest BCUT2D eigenvalue weighted by Crippen LogP contribution is 2.15. The standard InChI is InChI=1S/C17H24N4S/c18-7-6-16-14-22-17(19-16)13-21-10-8-20(9-11-21)12-15-4-2-1-3-5-15/h1-5,14H,6-13,18H2. The number of piperazine rings is 1. The van der Waals surface area contributed by atoms with Crippen LogP contribution in [0.3, 0.4) is 0 Å². The molecule has 1 aliphatic heterocycles. The van der Waals surface area contributed by atoms with Crippen molar-refractivity contribution in [3.05, 3.63) is 52.0 Å². The number of aromatic nitrogens is 1. The highest BCUT2D eigenvalue weighted by atomic mass is 32.1. The van der Waals surface area contributed by atoms with Gasteiger partial charge < -0.3 is 5.73 Å². The average molecular weight is 316 g/mol. The van der Waals surface area contributed by atoms with Crippen molar-refractivity contribution in [1.82, 2.24) is 14.8 Å². The van der Waals surface area contributed by atoms with E-state index in [-0.39, 0.29) is 0 Å². The van der Waals surface area contributed by atoms with Crippen LogP contribution < -0.4 is 5.73 Å². The maximum absolute atomic E-state index is 5.58. The van der Waals surface area contributed by atoms with Gasteiger partial charge in [-0.2, -0.15) is 0 Å². The van der Waals surface area contributed by atoms with Crippen molar-refractivity contribution in [2.45, 2.75) is 19.5 Å². The average Bonchev–Trinajstić information content (AvgIpc) is 2.98. The van der Waals surface area contributed by atoms with Gasteiger partial charge in [-0.1, -0.05) is 30.3 Å². The SMILES string of the molecule is NCCc1csc(CN2CCN(Cc3ccccc3)CC2)n1. The topological polar surface area (TPSA) is 45.4 Å². The Balaban J connectivity index is 1.45. The molecule has 0 spiro atoms. The molecular weight excluding hydrogens is 292 g/mol. The second-order valence-electron chi connectivity index (χ2n) is 5.81. The van der Waals surface area contributed by atoms with Gasteiger partial charge in [-0.15, -0.1) is 11.3 Å². The third kappa shape index (κ3) is 4.36. The second-order valence-corrected chi connectivity index (χ2v) is 6.75. The molecule has 0 bridgehead atoms. The molecule has 22 heavy (non-hydrogen) atoms. The van der Waals surface area contributed by atoms with E-state index in [1.165, 1.54) is 10.6 Å². The summed E-state index contributed by atoms with van der Waals surface area (Å²) >= 11 is 1.76. The molecule has 0 unspecified atom stereocenters. The Bertz CT molecular complexity index is 561. The van der Waals surface area contributed by atoms with E-state index in [1.54, 1.807) is 11.3 Å². The molecule has 1 aromatic carbocycles. The first-order chi connectivity index (χ1) is 10.8. The van der Waals surface area contributed by atoms with Gasteiger partial charge in [0.25, 0.3) is 0 Å². The monoisotopic (exact) mass is 316 g/mol. The molecule has 118 valence electrons. The Morgan fingerprint density at radius 2 is 1.68 bits per heavy atom. The fourth-order valence-electron chi connectivity index (χ4n) is 2.82. The van der Waals surface area contributed by atoms with Gasteiger partial charge in [0.1, 0.15) is 5.01 Å². The normalized spacial score (nSPS) is 17.0. The number of hydrogen-bond acceptors (Lipinski definition) is 5. The molecule has 0 aliphatic carbocycles. The highest BCUT2D eigenvalue weighted by molar-refractivity contribution is 7.09. The van der Waals surface area contributed by atoms with Gasteiger partial charge in [-0.3, -0.25) is 9.80 Å². The molecule has 0 amide bonds. The van der Waals surface area contributed by atoms with Gasteiger partial charge in [0.15, 0.2) is 0 Å². The van der Waals surface area contributed by atoms with E-state index in [2.05, 4.69) is 50.5 Å². The van der Waals surface area contributed by atoms with Crippen molar-refractivity contribution in [3.63, 3.8) is 0 Å². The lowest BCUT2D eigenvalue weighted by Gasteiger charge is -2.34.